The van der Waals surface area contributed by atoms with Crippen molar-refractivity contribution in [3.63, 3.8) is 0 Å². The minimum absolute atomic E-state index is 0.290. The van der Waals surface area contributed by atoms with Crippen LogP contribution in [0.1, 0.15) is 70.6 Å². The predicted molar refractivity (Wildman–Crippen MR) is 91.8 cm³/mol. The maximum absolute atomic E-state index is 14.6. The molecule has 3 saturated carbocycles. The third-order valence-electron chi connectivity index (χ3n) is 6.85. The third-order valence-corrected chi connectivity index (χ3v) is 6.85. The van der Waals surface area contributed by atoms with Crippen molar-refractivity contribution in [3.8, 4) is 0 Å². The highest BCUT2D eigenvalue weighted by Gasteiger charge is 2.50. The number of ether oxygens (including phenoxy) is 2. The second kappa shape index (κ2) is 9.28. The van der Waals surface area contributed by atoms with Crippen LogP contribution in [-0.4, -0.2) is 37.0 Å². The molecule has 2 unspecified atom stereocenters. The Morgan fingerprint density at radius 3 is 1.66 bits per heavy atom. The maximum atomic E-state index is 14.6. The van der Waals surface area contributed by atoms with Gasteiger partial charge in [0, 0.05) is 12.8 Å². The zero-order chi connectivity index (χ0) is 21.2. The molecule has 0 bridgehead atoms. The van der Waals surface area contributed by atoms with Crippen molar-refractivity contribution < 1.29 is 40.2 Å². The molecule has 3 aliphatic rings. The van der Waals surface area contributed by atoms with Crippen LogP contribution in [0.3, 0.4) is 0 Å². The van der Waals surface area contributed by atoms with Crippen LogP contribution < -0.4 is 0 Å². The number of rotatable bonds is 5. The zero-order valence-corrected chi connectivity index (χ0v) is 16.3. The van der Waals surface area contributed by atoms with Crippen LogP contribution in [-0.2, 0) is 9.47 Å². The van der Waals surface area contributed by atoms with Gasteiger partial charge < -0.3 is 4.74 Å². The standard InChI is InChI=1S/C20H29F7O2/c21-16-10-15(11-17(22)18(16)29-20(25,26)27)28-19(23,24)14-8-6-13(7-9-14)12-4-2-1-3-5-12/h12-18H,1-11H2. The van der Waals surface area contributed by atoms with E-state index in [0.717, 1.165) is 12.8 Å². The van der Waals surface area contributed by atoms with Gasteiger partial charge in [0.05, 0.1) is 12.0 Å². The van der Waals surface area contributed by atoms with Gasteiger partial charge in [0.25, 0.3) is 0 Å². The highest BCUT2D eigenvalue weighted by Crippen LogP contribution is 2.46. The molecule has 0 aromatic heterocycles. The first kappa shape index (κ1) is 23.1. The highest BCUT2D eigenvalue weighted by atomic mass is 19.4. The van der Waals surface area contributed by atoms with E-state index in [1.54, 1.807) is 0 Å². The van der Waals surface area contributed by atoms with Crippen LogP contribution in [0.2, 0.25) is 0 Å². The van der Waals surface area contributed by atoms with Gasteiger partial charge in [0.2, 0.25) is 0 Å². The molecule has 0 aromatic carbocycles. The van der Waals surface area contributed by atoms with E-state index in [4.69, 9.17) is 4.74 Å². The molecule has 0 aromatic rings. The molecule has 9 heteroatoms. The molecule has 0 N–H and O–H groups in total. The zero-order valence-electron chi connectivity index (χ0n) is 16.3. The van der Waals surface area contributed by atoms with E-state index in [1.165, 1.54) is 19.3 Å². The lowest BCUT2D eigenvalue weighted by Gasteiger charge is -2.40. The lowest BCUT2D eigenvalue weighted by Crippen LogP contribution is -2.49. The van der Waals surface area contributed by atoms with Gasteiger partial charge in [0.1, 0.15) is 18.4 Å². The molecule has 0 aliphatic heterocycles. The summed E-state index contributed by atoms with van der Waals surface area (Å²) in [5, 5.41) is 0. The van der Waals surface area contributed by atoms with Crippen molar-refractivity contribution in [2.75, 3.05) is 0 Å². The van der Waals surface area contributed by atoms with Gasteiger partial charge >= 0.3 is 12.5 Å². The van der Waals surface area contributed by atoms with Gasteiger partial charge in [0.15, 0.2) is 0 Å². The van der Waals surface area contributed by atoms with Crippen molar-refractivity contribution in [1.82, 2.24) is 0 Å². The molecule has 3 aliphatic carbocycles. The van der Waals surface area contributed by atoms with Gasteiger partial charge in [-0.1, -0.05) is 32.1 Å². The van der Waals surface area contributed by atoms with E-state index in [-0.39, 0.29) is 0 Å². The smallest absolute Gasteiger partial charge is 0.317 e. The molecule has 3 rings (SSSR count). The first-order valence-electron chi connectivity index (χ1n) is 10.6. The fraction of sp³-hybridized carbons (Fsp3) is 1.00. The molecule has 0 spiro atoms. The van der Waals surface area contributed by atoms with Crippen molar-refractivity contribution in [1.29, 1.82) is 0 Å². The average Bonchev–Trinajstić information content (AvgIpc) is 2.64. The molecule has 170 valence electrons. The number of alkyl halides is 7. The van der Waals surface area contributed by atoms with E-state index in [9.17, 15) is 30.7 Å². The van der Waals surface area contributed by atoms with Gasteiger partial charge in [-0.3, -0.25) is 4.74 Å². The van der Waals surface area contributed by atoms with E-state index < -0.39 is 55.8 Å². The Kier molecular flexibility index (Phi) is 7.40. The molecular formula is C20H29F7O2. The lowest BCUT2D eigenvalue weighted by molar-refractivity contribution is -0.364. The summed E-state index contributed by atoms with van der Waals surface area (Å²) >= 11 is 0. The van der Waals surface area contributed by atoms with Crippen LogP contribution in [0.5, 0.6) is 0 Å². The van der Waals surface area contributed by atoms with E-state index in [2.05, 4.69) is 4.74 Å². The van der Waals surface area contributed by atoms with Gasteiger partial charge in [-0.15, -0.1) is 13.2 Å². The summed E-state index contributed by atoms with van der Waals surface area (Å²) in [5.41, 5.74) is 0. The fourth-order valence-corrected chi connectivity index (χ4v) is 5.34. The Morgan fingerprint density at radius 1 is 0.621 bits per heavy atom. The predicted octanol–water partition coefficient (Wildman–Crippen LogP) is 6.73. The summed E-state index contributed by atoms with van der Waals surface area (Å²) in [6, 6.07) is 0. The maximum Gasteiger partial charge on any atom is 0.522 e. The molecule has 0 radical (unpaired) electrons. The Balaban J connectivity index is 1.49. The molecule has 2 nitrogen and oxygen atoms in total. The van der Waals surface area contributed by atoms with E-state index in [0.29, 0.717) is 37.5 Å². The Morgan fingerprint density at radius 2 is 1.14 bits per heavy atom. The number of halogens is 7. The fourth-order valence-electron chi connectivity index (χ4n) is 5.34. The SMILES string of the molecule is FC1CC(OC(F)(F)C2CCC(C3CCCCC3)CC2)CC(F)C1OC(F)(F)F. The van der Waals surface area contributed by atoms with E-state index in [1.807, 2.05) is 0 Å². The van der Waals surface area contributed by atoms with Crippen LogP contribution in [0.15, 0.2) is 0 Å². The molecular weight excluding hydrogens is 405 g/mol. The van der Waals surface area contributed by atoms with Crippen molar-refractivity contribution in [3.05, 3.63) is 0 Å². The van der Waals surface area contributed by atoms with Crippen molar-refractivity contribution in [2.24, 2.45) is 17.8 Å². The van der Waals surface area contributed by atoms with Crippen LogP contribution in [0.4, 0.5) is 30.7 Å². The Bertz CT molecular complexity index is 501. The first-order valence-corrected chi connectivity index (χ1v) is 10.6. The normalized spacial score (nSPS) is 38.2. The molecule has 0 amide bonds. The highest BCUT2D eigenvalue weighted by molar-refractivity contribution is 4.90. The number of hydrogen-bond donors (Lipinski definition) is 0. The van der Waals surface area contributed by atoms with Crippen molar-refractivity contribution in [2.45, 2.75) is 108 Å². The molecule has 29 heavy (non-hydrogen) atoms. The summed E-state index contributed by atoms with van der Waals surface area (Å²) in [4.78, 5) is 0. The average molecular weight is 434 g/mol. The van der Waals surface area contributed by atoms with E-state index >= 15 is 0 Å². The molecule has 0 saturated heterocycles. The van der Waals surface area contributed by atoms with Crippen LogP contribution in [0.25, 0.3) is 0 Å². The summed E-state index contributed by atoms with van der Waals surface area (Å²) in [6.07, 6.45) is -10.8. The van der Waals surface area contributed by atoms with Gasteiger partial charge in [-0.05, 0) is 37.5 Å². The summed E-state index contributed by atoms with van der Waals surface area (Å²) in [7, 11) is 0. The van der Waals surface area contributed by atoms with Crippen LogP contribution >= 0.6 is 0 Å². The quantitative estimate of drug-likeness (QED) is 0.447. The van der Waals surface area contributed by atoms with Gasteiger partial charge in [-0.25, -0.2) is 8.78 Å². The Labute approximate surface area is 166 Å². The Hall–Kier alpha value is -0.570. The number of hydrogen-bond acceptors (Lipinski definition) is 2. The monoisotopic (exact) mass is 434 g/mol. The van der Waals surface area contributed by atoms with Crippen LogP contribution in [0, 0.1) is 17.8 Å². The van der Waals surface area contributed by atoms with Crippen molar-refractivity contribution >= 4 is 0 Å². The first-order chi connectivity index (χ1) is 13.5. The minimum atomic E-state index is -5.19. The summed E-state index contributed by atoms with van der Waals surface area (Å²) < 4.78 is 102. The third kappa shape index (κ3) is 6.21. The lowest BCUT2D eigenvalue weighted by atomic mass is 9.71. The molecule has 0 heterocycles. The molecule has 3 fully saturated rings. The second-order valence-electron chi connectivity index (χ2n) is 8.84. The van der Waals surface area contributed by atoms with Gasteiger partial charge in [-0.2, -0.15) is 8.78 Å². The largest absolute Gasteiger partial charge is 0.522 e. The summed E-state index contributed by atoms with van der Waals surface area (Å²) in [6.45, 7) is 0. The topological polar surface area (TPSA) is 18.5 Å². The minimum Gasteiger partial charge on any atom is -0.317 e. The second-order valence-corrected chi connectivity index (χ2v) is 8.84. The summed E-state index contributed by atoms with van der Waals surface area (Å²) in [5.74, 6) is 0.0214. The molecule has 2 atom stereocenters.